The third-order valence-corrected chi connectivity index (χ3v) is 4.85. The Morgan fingerprint density at radius 2 is 2.00 bits per heavy atom. The van der Waals surface area contributed by atoms with Crippen molar-refractivity contribution >= 4 is 22.1 Å². The van der Waals surface area contributed by atoms with Gasteiger partial charge in [0.15, 0.2) is 10.8 Å². The maximum absolute atomic E-state index is 4.90. The van der Waals surface area contributed by atoms with E-state index in [1.54, 1.807) is 11.3 Å². The van der Waals surface area contributed by atoms with Crippen LogP contribution in [0, 0.1) is 5.92 Å². The Bertz CT molecular complexity index is 564. The molecule has 0 bridgehead atoms. The van der Waals surface area contributed by atoms with Crippen molar-refractivity contribution in [1.29, 1.82) is 0 Å². The summed E-state index contributed by atoms with van der Waals surface area (Å²) in [5, 5.41) is 5.71. The molecule has 0 atom stereocenters. The third-order valence-electron chi connectivity index (χ3n) is 4.09. The SMILES string of the molecule is CC(C)CNCc1c(N2CCCCCC2)nc2sccn12. The molecule has 116 valence electrons. The normalized spacial score (nSPS) is 16.8. The summed E-state index contributed by atoms with van der Waals surface area (Å²) in [7, 11) is 0. The molecule has 3 heterocycles. The van der Waals surface area contributed by atoms with Crippen molar-refractivity contribution in [2.45, 2.75) is 46.1 Å². The molecule has 1 aliphatic heterocycles. The molecule has 21 heavy (non-hydrogen) atoms. The maximum Gasteiger partial charge on any atom is 0.195 e. The number of fused-ring (bicyclic) bond motifs is 1. The monoisotopic (exact) mass is 306 g/mol. The van der Waals surface area contributed by atoms with Gasteiger partial charge in [-0.2, -0.15) is 0 Å². The van der Waals surface area contributed by atoms with Gasteiger partial charge in [0, 0.05) is 31.2 Å². The fraction of sp³-hybridized carbons (Fsp3) is 0.688. The molecule has 1 aliphatic rings. The zero-order valence-corrected chi connectivity index (χ0v) is 14.0. The minimum atomic E-state index is 0.678. The lowest BCUT2D eigenvalue weighted by Gasteiger charge is -2.21. The molecule has 0 aromatic carbocycles. The highest BCUT2D eigenvalue weighted by atomic mass is 32.1. The molecule has 2 aromatic heterocycles. The van der Waals surface area contributed by atoms with Gasteiger partial charge < -0.3 is 10.2 Å². The maximum atomic E-state index is 4.90. The predicted octanol–water partition coefficient (Wildman–Crippen LogP) is 3.52. The van der Waals surface area contributed by atoms with Crippen LogP contribution in [0.4, 0.5) is 5.82 Å². The van der Waals surface area contributed by atoms with Crippen LogP contribution in [0.1, 0.15) is 45.2 Å². The molecule has 0 unspecified atom stereocenters. The van der Waals surface area contributed by atoms with Crippen LogP contribution in [0.3, 0.4) is 0 Å². The van der Waals surface area contributed by atoms with Crippen LogP contribution in [0.15, 0.2) is 11.6 Å². The lowest BCUT2D eigenvalue weighted by Crippen LogP contribution is -2.27. The summed E-state index contributed by atoms with van der Waals surface area (Å²) >= 11 is 1.73. The Kier molecular flexibility index (Phi) is 4.80. The summed E-state index contributed by atoms with van der Waals surface area (Å²) < 4.78 is 2.26. The van der Waals surface area contributed by atoms with Gasteiger partial charge in [-0.3, -0.25) is 4.40 Å². The molecule has 0 radical (unpaired) electrons. The van der Waals surface area contributed by atoms with Gasteiger partial charge in [0.05, 0.1) is 5.69 Å². The molecule has 1 N–H and O–H groups in total. The van der Waals surface area contributed by atoms with E-state index in [2.05, 4.69) is 40.0 Å². The van der Waals surface area contributed by atoms with Crippen molar-refractivity contribution in [1.82, 2.24) is 14.7 Å². The zero-order valence-electron chi connectivity index (χ0n) is 13.1. The molecule has 4 nitrogen and oxygen atoms in total. The van der Waals surface area contributed by atoms with E-state index in [1.807, 2.05) is 0 Å². The molecule has 0 spiro atoms. The van der Waals surface area contributed by atoms with Gasteiger partial charge in [-0.15, -0.1) is 11.3 Å². The first kappa shape index (κ1) is 14.9. The minimum Gasteiger partial charge on any atom is -0.355 e. The van der Waals surface area contributed by atoms with Gasteiger partial charge in [0.25, 0.3) is 0 Å². The highest BCUT2D eigenvalue weighted by molar-refractivity contribution is 7.15. The van der Waals surface area contributed by atoms with E-state index in [0.29, 0.717) is 5.92 Å². The van der Waals surface area contributed by atoms with E-state index >= 15 is 0 Å². The van der Waals surface area contributed by atoms with Gasteiger partial charge in [-0.05, 0) is 25.3 Å². The molecule has 0 saturated carbocycles. The molecule has 0 aliphatic carbocycles. The van der Waals surface area contributed by atoms with E-state index in [4.69, 9.17) is 4.98 Å². The van der Waals surface area contributed by atoms with E-state index in [-0.39, 0.29) is 0 Å². The number of thiazole rings is 1. The summed E-state index contributed by atoms with van der Waals surface area (Å²) in [6, 6.07) is 0. The van der Waals surface area contributed by atoms with E-state index < -0.39 is 0 Å². The number of hydrogen-bond donors (Lipinski definition) is 1. The molecule has 1 fully saturated rings. The number of aromatic nitrogens is 2. The first-order chi connectivity index (χ1) is 10.3. The highest BCUT2D eigenvalue weighted by Crippen LogP contribution is 2.26. The van der Waals surface area contributed by atoms with Crippen molar-refractivity contribution in [3.05, 3.63) is 17.3 Å². The van der Waals surface area contributed by atoms with Gasteiger partial charge in [0.1, 0.15) is 0 Å². The molecular weight excluding hydrogens is 280 g/mol. The number of rotatable bonds is 5. The topological polar surface area (TPSA) is 32.6 Å². The van der Waals surface area contributed by atoms with Crippen LogP contribution < -0.4 is 10.2 Å². The largest absolute Gasteiger partial charge is 0.355 e. The molecule has 3 rings (SSSR count). The number of hydrogen-bond acceptors (Lipinski definition) is 4. The Hall–Kier alpha value is -1.07. The van der Waals surface area contributed by atoms with Gasteiger partial charge in [0.2, 0.25) is 0 Å². The second-order valence-electron chi connectivity index (χ2n) is 6.36. The van der Waals surface area contributed by atoms with Crippen LogP contribution in [0.2, 0.25) is 0 Å². The summed E-state index contributed by atoms with van der Waals surface area (Å²) in [6.45, 7) is 8.77. The van der Waals surface area contributed by atoms with E-state index in [1.165, 1.54) is 37.2 Å². The average Bonchev–Trinajstić information content (AvgIpc) is 2.91. The van der Waals surface area contributed by atoms with Crippen molar-refractivity contribution in [2.75, 3.05) is 24.5 Å². The quantitative estimate of drug-likeness (QED) is 0.917. The van der Waals surface area contributed by atoms with Crippen LogP contribution in [-0.2, 0) is 6.54 Å². The van der Waals surface area contributed by atoms with Crippen molar-refractivity contribution < 1.29 is 0 Å². The van der Waals surface area contributed by atoms with Crippen LogP contribution >= 0.6 is 11.3 Å². The highest BCUT2D eigenvalue weighted by Gasteiger charge is 2.19. The molecular formula is C16H26N4S. The molecule has 0 amide bonds. The fourth-order valence-electron chi connectivity index (χ4n) is 3.00. The zero-order chi connectivity index (χ0) is 14.7. The predicted molar refractivity (Wildman–Crippen MR) is 90.3 cm³/mol. The van der Waals surface area contributed by atoms with Gasteiger partial charge in [-0.1, -0.05) is 26.7 Å². The number of imidazole rings is 1. The standard InChI is InChI=1S/C16H26N4S/c1-13(2)11-17-12-14-15(18-16-20(14)9-10-21-16)19-7-5-3-4-6-8-19/h9-10,13,17H,3-8,11-12H2,1-2H3. The third kappa shape index (κ3) is 3.40. The van der Waals surface area contributed by atoms with Crippen LogP contribution in [-0.4, -0.2) is 29.0 Å². The lowest BCUT2D eigenvalue weighted by atomic mass is 10.2. The smallest absolute Gasteiger partial charge is 0.195 e. The second-order valence-corrected chi connectivity index (χ2v) is 7.24. The Balaban J connectivity index is 1.83. The van der Waals surface area contributed by atoms with Crippen molar-refractivity contribution in [3.63, 3.8) is 0 Å². The van der Waals surface area contributed by atoms with Crippen LogP contribution in [0.5, 0.6) is 0 Å². The minimum absolute atomic E-state index is 0.678. The van der Waals surface area contributed by atoms with Crippen LogP contribution in [0.25, 0.3) is 4.96 Å². The second kappa shape index (κ2) is 6.79. The van der Waals surface area contributed by atoms with Crippen molar-refractivity contribution in [2.24, 2.45) is 5.92 Å². The first-order valence-electron chi connectivity index (χ1n) is 8.16. The lowest BCUT2D eigenvalue weighted by molar-refractivity contribution is 0.546. The van der Waals surface area contributed by atoms with E-state index in [0.717, 1.165) is 31.1 Å². The number of nitrogens with one attached hydrogen (secondary N) is 1. The summed E-state index contributed by atoms with van der Waals surface area (Å²) in [5.41, 5.74) is 1.33. The first-order valence-corrected chi connectivity index (χ1v) is 9.04. The summed E-state index contributed by atoms with van der Waals surface area (Å²) in [6.07, 6.45) is 7.47. The Morgan fingerprint density at radius 1 is 1.24 bits per heavy atom. The van der Waals surface area contributed by atoms with Gasteiger partial charge in [-0.25, -0.2) is 4.98 Å². The number of anilines is 1. The summed E-state index contributed by atoms with van der Waals surface area (Å²) in [5.74, 6) is 1.89. The molecule has 2 aromatic rings. The number of nitrogens with zero attached hydrogens (tertiary/aromatic N) is 3. The van der Waals surface area contributed by atoms with Gasteiger partial charge >= 0.3 is 0 Å². The molecule has 1 saturated heterocycles. The average molecular weight is 306 g/mol. The van der Waals surface area contributed by atoms with E-state index in [9.17, 15) is 0 Å². The molecule has 5 heteroatoms. The Labute approximate surface area is 131 Å². The fourth-order valence-corrected chi connectivity index (χ4v) is 3.73. The Morgan fingerprint density at radius 3 is 2.71 bits per heavy atom. The summed E-state index contributed by atoms with van der Waals surface area (Å²) in [4.78, 5) is 8.52. The van der Waals surface area contributed by atoms with Crippen molar-refractivity contribution in [3.8, 4) is 0 Å².